The van der Waals surface area contributed by atoms with E-state index in [1.165, 1.54) is 38.5 Å². The highest BCUT2D eigenvalue weighted by Gasteiger charge is 2.22. The Balaban J connectivity index is 4.11. The maximum Gasteiger partial charge on any atom is 0.469 e. The second kappa shape index (κ2) is 32.0. The first kappa shape index (κ1) is 43.0. The number of carbonyl (C=O) groups is 2. The molecule has 0 aliphatic carbocycles. The molecule has 0 rings (SSSR count). The van der Waals surface area contributed by atoms with Gasteiger partial charge in [-0.2, -0.15) is 0 Å². The van der Waals surface area contributed by atoms with Gasteiger partial charge < -0.3 is 19.3 Å². The molecule has 0 radical (unpaired) electrons. The van der Waals surface area contributed by atoms with Gasteiger partial charge >= 0.3 is 19.8 Å². The van der Waals surface area contributed by atoms with Crippen molar-refractivity contribution in [2.75, 3.05) is 13.2 Å². The molecule has 0 aromatic heterocycles. The number of phosphoric ester groups is 1. The Morgan fingerprint density at radius 1 is 0.578 bits per heavy atom. The molecule has 0 heterocycles. The molecular formula is C36H63O8P. The molecule has 45 heavy (non-hydrogen) atoms. The lowest BCUT2D eigenvalue weighted by Crippen LogP contribution is -2.29. The molecule has 0 aromatic rings. The fourth-order valence-corrected chi connectivity index (χ4v) is 4.79. The van der Waals surface area contributed by atoms with Crippen LogP contribution in [0.1, 0.15) is 149 Å². The molecule has 0 amide bonds. The van der Waals surface area contributed by atoms with Gasteiger partial charge in [-0.15, -0.1) is 0 Å². The van der Waals surface area contributed by atoms with Crippen LogP contribution in [0.3, 0.4) is 0 Å². The molecule has 9 heteroatoms. The number of ether oxygens (including phenoxy) is 2. The molecule has 8 nitrogen and oxygen atoms in total. The average molecular weight is 655 g/mol. The van der Waals surface area contributed by atoms with Crippen LogP contribution in [0.2, 0.25) is 0 Å². The Bertz CT molecular complexity index is 874. The first-order chi connectivity index (χ1) is 21.8. The van der Waals surface area contributed by atoms with Gasteiger partial charge in [0.15, 0.2) is 6.10 Å². The summed E-state index contributed by atoms with van der Waals surface area (Å²) in [4.78, 5) is 42.5. The normalized spacial score (nSPS) is 13.1. The standard InChI is InChI=1S/C36H63O8P/c1-3-5-7-9-11-13-15-17-18-19-21-23-25-27-29-31-36(38)44-34(33-43-45(39,40)41)32-42-35(37)30-28-26-24-22-20-16-14-12-10-8-6-4-2/h11-14,17-18,21,23,34H,3-10,15-16,19-20,22,24-33H2,1-2H3,(H2,39,40,41)/b13-11-,14-12-,18-17-,23-21-/t34-/m1/s1. The third-order valence-electron chi connectivity index (χ3n) is 7.07. The van der Waals surface area contributed by atoms with Crippen LogP contribution >= 0.6 is 7.82 Å². The lowest BCUT2D eigenvalue weighted by Gasteiger charge is -2.18. The number of phosphoric acid groups is 1. The number of allylic oxidation sites excluding steroid dienone is 8. The zero-order valence-corrected chi connectivity index (χ0v) is 29.1. The molecular weight excluding hydrogens is 591 g/mol. The molecule has 0 unspecified atom stereocenters. The lowest BCUT2D eigenvalue weighted by atomic mass is 10.1. The fourth-order valence-electron chi connectivity index (χ4n) is 4.43. The van der Waals surface area contributed by atoms with E-state index < -0.39 is 32.5 Å². The van der Waals surface area contributed by atoms with Gasteiger partial charge in [-0.1, -0.05) is 107 Å². The van der Waals surface area contributed by atoms with Crippen LogP contribution < -0.4 is 0 Å². The predicted octanol–water partition coefficient (Wildman–Crippen LogP) is 10.0. The Morgan fingerprint density at radius 2 is 1.00 bits per heavy atom. The van der Waals surface area contributed by atoms with Gasteiger partial charge in [-0.3, -0.25) is 14.1 Å². The minimum atomic E-state index is -4.76. The summed E-state index contributed by atoms with van der Waals surface area (Å²) in [5.41, 5.74) is 0. The molecule has 0 bridgehead atoms. The van der Waals surface area contributed by atoms with Crippen LogP contribution in [0.5, 0.6) is 0 Å². The highest BCUT2D eigenvalue weighted by molar-refractivity contribution is 7.46. The maximum absolute atomic E-state index is 12.3. The van der Waals surface area contributed by atoms with Gasteiger partial charge in [0.25, 0.3) is 0 Å². The summed E-state index contributed by atoms with van der Waals surface area (Å²) in [5, 5.41) is 0. The summed E-state index contributed by atoms with van der Waals surface area (Å²) in [5.74, 6) is -0.946. The summed E-state index contributed by atoms with van der Waals surface area (Å²) < 4.78 is 26.2. The first-order valence-corrected chi connectivity index (χ1v) is 19.0. The van der Waals surface area contributed by atoms with Crippen molar-refractivity contribution in [3.63, 3.8) is 0 Å². The molecule has 0 aliphatic heterocycles. The zero-order valence-electron chi connectivity index (χ0n) is 28.3. The van der Waals surface area contributed by atoms with E-state index in [1.54, 1.807) is 0 Å². The van der Waals surface area contributed by atoms with Crippen LogP contribution in [0.25, 0.3) is 0 Å². The molecule has 0 spiro atoms. The first-order valence-electron chi connectivity index (χ1n) is 17.4. The zero-order chi connectivity index (χ0) is 33.3. The number of esters is 2. The smallest absolute Gasteiger partial charge is 0.462 e. The molecule has 0 saturated carbocycles. The Morgan fingerprint density at radius 3 is 1.56 bits per heavy atom. The minimum Gasteiger partial charge on any atom is -0.462 e. The SMILES string of the molecule is CCCCC/C=C\C/C=C\C/C=C\CCCCC(=O)O[C@H](COC(=O)CCCCCCC/C=C\CCCCC)COP(=O)(O)O. The Kier molecular flexibility index (Phi) is 30.6. The number of hydrogen-bond donors (Lipinski definition) is 2. The van der Waals surface area contributed by atoms with Crippen molar-refractivity contribution in [2.24, 2.45) is 0 Å². The molecule has 0 aliphatic rings. The van der Waals surface area contributed by atoms with Crippen molar-refractivity contribution >= 4 is 19.8 Å². The van der Waals surface area contributed by atoms with Gasteiger partial charge in [0, 0.05) is 12.8 Å². The van der Waals surface area contributed by atoms with Gasteiger partial charge in [-0.25, -0.2) is 4.57 Å². The monoisotopic (exact) mass is 654 g/mol. The topological polar surface area (TPSA) is 119 Å². The van der Waals surface area contributed by atoms with Crippen LogP contribution in [-0.4, -0.2) is 41.0 Å². The summed E-state index contributed by atoms with van der Waals surface area (Å²) in [7, 11) is -4.76. The van der Waals surface area contributed by atoms with Crippen molar-refractivity contribution in [1.29, 1.82) is 0 Å². The van der Waals surface area contributed by atoms with E-state index in [2.05, 4.69) is 67.0 Å². The van der Waals surface area contributed by atoms with Crippen LogP contribution in [-0.2, 0) is 28.2 Å². The van der Waals surface area contributed by atoms with E-state index in [4.69, 9.17) is 19.3 Å². The molecule has 0 saturated heterocycles. The average Bonchev–Trinajstić information content (AvgIpc) is 3.00. The van der Waals surface area contributed by atoms with Crippen LogP contribution in [0, 0.1) is 0 Å². The second-order valence-corrected chi connectivity index (χ2v) is 12.7. The van der Waals surface area contributed by atoms with Crippen LogP contribution in [0.4, 0.5) is 0 Å². The molecule has 2 N–H and O–H groups in total. The molecule has 1 atom stereocenters. The van der Waals surface area contributed by atoms with E-state index in [0.717, 1.165) is 70.6 Å². The van der Waals surface area contributed by atoms with Gasteiger partial charge in [0.2, 0.25) is 0 Å². The quantitative estimate of drug-likeness (QED) is 0.0328. The Labute approximate surface area is 274 Å². The third-order valence-corrected chi connectivity index (χ3v) is 7.56. The van der Waals surface area contributed by atoms with Crippen molar-refractivity contribution in [2.45, 2.75) is 155 Å². The van der Waals surface area contributed by atoms with Gasteiger partial charge in [-0.05, 0) is 77.0 Å². The Hall–Kier alpha value is -1.99. The highest BCUT2D eigenvalue weighted by atomic mass is 31.2. The van der Waals surface area contributed by atoms with E-state index in [9.17, 15) is 14.2 Å². The molecule has 0 fully saturated rings. The largest absolute Gasteiger partial charge is 0.469 e. The van der Waals surface area contributed by atoms with E-state index >= 15 is 0 Å². The van der Waals surface area contributed by atoms with Crippen molar-refractivity contribution < 1.29 is 37.9 Å². The van der Waals surface area contributed by atoms with E-state index in [1.807, 2.05) is 0 Å². The van der Waals surface area contributed by atoms with E-state index in [-0.39, 0.29) is 19.4 Å². The van der Waals surface area contributed by atoms with Crippen molar-refractivity contribution in [3.8, 4) is 0 Å². The third kappa shape index (κ3) is 34.7. The highest BCUT2D eigenvalue weighted by Crippen LogP contribution is 2.35. The number of rotatable bonds is 31. The summed E-state index contributed by atoms with van der Waals surface area (Å²) in [6.45, 7) is 3.56. The number of hydrogen-bond acceptors (Lipinski definition) is 6. The number of unbranched alkanes of at least 4 members (excludes halogenated alkanes) is 13. The fraction of sp³-hybridized carbons (Fsp3) is 0.722. The van der Waals surface area contributed by atoms with Crippen molar-refractivity contribution in [3.05, 3.63) is 48.6 Å². The minimum absolute atomic E-state index is 0.160. The molecule has 0 aromatic carbocycles. The summed E-state index contributed by atoms with van der Waals surface area (Å²) in [6, 6.07) is 0. The lowest BCUT2D eigenvalue weighted by molar-refractivity contribution is -0.161. The summed E-state index contributed by atoms with van der Waals surface area (Å²) in [6.07, 6.45) is 36.9. The van der Waals surface area contributed by atoms with Crippen molar-refractivity contribution in [1.82, 2.24) is 0 Å². The van der Waals surface area contributed by atoms with Gasteiger partial charge in [0.1, 0.15) is 6.61 Å². The molecule has 260 valence electrons. The number of carbonyl (C=O) groups excluding carboxylic acids is 2. The van der Waals surface area contributed by atoms with Gasteiger partial charge in [0.05, 0.1) is 6.61 Å². The predicted molar refractivity (Wildman–Crippen MR) is 184 cm³/mol. The maximum atomic E-state index is 12.3. The van der Waals surface area contributed by atoms with Crippen LogP contribution in [0.15, 0.2) is 48.6 Å². The van der Waals surface area contributed by atoms with E-state index in [0.29, 0.717) is 12.8 Å². The summed E-state index contributed by atoms with van der Waals surface area (Å²) >= 11 is 0. The second-order valence-electron chi connectivity index (χ2n) is 11.5.